The summed E-state index contributed by atoms with van der Waals surface area (Å²) in [4.78, 5) is 7.69. The zero-order valence-corrected chi connectivity index (χ0v) is 11.4. The number of imidazole rings is 1. The maximum Gasteiger partial charge on any atom is 0.387 e. The Morgan fingerprint density at radius 3 is 2.81 bits per heavy atom. The fourth-order valence-electron chi connectivity index (χ4n) is 2.23. The van der Waals surface area contributed by atoms with Crippen molar-refractivity contribution < 1.29 is 13.5 Å². The van der Waals surface area contributed by atoms with Gasteiger partial charge in [-0.3, -0.25) is 0 Å². The standard InChI is InChI=1S/C16H14F2N2O/c1-2-10-6-7-13-14(8-10)20-15(19-13)11-4-3-5-12(9-11)21-16(17)18/h3-9,16H,2H2,1H3,(H,19,20). The fraction of sp³-hybridized carbons (Fsp3) is 0.188. The van der Waals surface area contributed by atoms with Gasteiger partial charge in [0, 0.05) is 5.56 Å². The molecule has 0 spiro atoms. The maximum absolute atomic E-state index is 12.3. The highest BCUT2D eigenvalue weighted by atomic mass is 19.3. The van der Waals surface area contributed by atoms with Gasteiger partial charge in [-0.1, -0.05) is 25.1 Å². The Kier molecular flexibility index (Phi) is 3.56. The van der Waals surface area contributed by atoms with E-state index in [1.54, 1.807) is 18.2 Å². The molecule has 0 saturated carbocycles. The highest BCUT2D eigenvalue weighted by Crippen LogP contribution is 2.25. The van der Waals surface area contributed by atoms with Crippen LogP contribution >= 0.6 is 0 Å². The van der Waals surface area contributed by atoms with Gasteiger partial charge in [0.05, 0.1) is 11.0 Å². The van der Waals surface area contributed by atoms with E-state index in [9.17, 15) is 8.78 Å². The molecule has 0 aliphatic heterocycles. The molecule has 0 fully saturated rings. The molecular formula is C16H14F2N2O. The van der Waals surface area contributed by atoms with E-state index in [4.69, 9.17) is 0 Å². The van der Waals surface area contributed by atoms with Gasteiger partial charge in [0.2, 0.25) is 0 Å². The number of halogens is 2. The summed E-state index contributed by atoms with van der Waals surface area (Å²) in [6, 6.07) is 12.5. The third kappa shape index (κ3) is 2.86. The molecule has 2 aromatic carbocycles. The third-order valence-electron chi connectivity index (χ3n) is 3.29. The van der Waals surface area contributed by atoms with Crippen molar-refractivity contribution in [2.75, 3.05) is 0 Å². The van der Waals surface area contributed by atoms with Gasteiger partial charge in [-0.2, -0.15) is 8.78 Å². The lowest BCUT2D eigenvalue weighted by Crippen LogP contribution is -2.01. The molecule has 0 saturated heterocycles. The van der Waals surface area contributed by atoms with Crippen LogP contribution in [-0.2, 0) is 6.42 Å². The van der Waals surface area contributed by atoms with Crippen molar-refractivity contribution in [3.05, 3.63) is 48.0 Å². The largest absolute Gasteiger partial charge is 0.435 e. The predicted molar refractivity (Wildman–Crippen MR) is 77.5 cm³/mol. The van der Waals surface area contributed by atoms with Gasteiger partial charge in [-0.05, 0) is 36.2 Å². The molecule has 0 aliphatic carbocycles. The van der Waals surface area contributed by atoms with Crippen molar-refractivity contribution in [3.63, 3.8) is 0 Å². The Hall–Kier alpha value is -2.43. The summed E-state index contributed by atoms with van der Waals surface area (Å²) in [6.45, 7) is -0.744. The number of nitrogens with zero attached hydrogens (tertiary/aromatic N) is 1. The molecule has 0 amide bonds. The maximum atomic E-state index is 12.3. The van der Waals surface area contributed by atoms with Gasteiger partial charge in [0.15, 0.2) is 0 Å². The van der Waals surface area contributed by atoms with Crippen molar-refractivity contribution in [2.24, 2.45) is 0 Å². The summed E-state index contributed by atoms with van der Waals surface area (Å²) in [5.41, 5.74) is 3.71. The molecule has 3 aromatic rings. The van der Waals surface area contributed by atoms with Crippen LogP contribution in [0.5, 0.6) is 5.75 Å². The molecule has 0 radical (unpaired) electrons. The van der Waals surface area contributed by atoms with Gasteiger partial charge < -0.3 is 9.72 Å². The van der Waals surface area contributed by atoms with Gasteiger partial charge in [-0.15, -0.1) is 0 Å². The number of ether oxygens (including phenoxy) is 1. The normalized spacial score (nSPS) is 11.2. The number of aromatic amines is 1. The molecule has 1 aromatic heterocycles. The van der Waals surface area contributed by atoms with Crippen molar-refractivity contribution >= 4 is 11.0 Å². The number of alkyl halides is 2. The first-order valence-corrected chi connectivity index (χ1v) is 6.69. The Balaban J connectivity index is 1.99. The topological polar surface area (TPSA) is 37.9 Å². The average Bonchev–Trinajstić information content (AvgIpc) is 2.89. The summed E-state index contributed by atoms with van der Waals surface area (Å²) in [5.74, 6) is 0.759. The molecule has 0 atom stereocenters. The van der Waals surface area contributed by atoms with Crippen LogP contribution in [0.1, 0.15) is 12.5 Å². The number of aromatic nitrogens is 2. The van der Waals surface area contributed by atoms with Crippen LogP contribution in [0, 0.1) is 0 Å². The van der Waals surface area contributed by atoms with Crippen LogP contribution in [-0.4, -0.2) is 16.6 Å². The van der Waals surface area contributed by atoms with Crippen LogP contribution in [0.25, 0.3) is 22.4 Å². The molecule has 0 aliphatic rings. The molecule has 1 heterocycles. The lowest BCUT2D eigenvalue weighted by molar-refractivity contribution is -0.0498. The lowest BCUT2D eigenvalue weighted by atomic mass is 10.1. The Labute approximate surface area is 120 Å². The van der Waals surface area contributed by atoms with Gasteiger partial charge in [0.25, 0.3) is 0 Å². The highest BCUT2D eigenvalue weighted by molar-refractivity contribution is 5.80. The van der Waals surface area contributed by atoms with E-state index in [0.717, 1.165) is 17.5 Å². The predicted octanol–water partition coefficient (Wildman–Crippen LogP) is 4.39. The molecule has 21 heavy (non-hydrogen) atoms. The van der Waals surface area contributed by atoms with E-state index in [1.807, 2.05) is 18.2 Å². The van der Waals surface area contributed by atoms with Gasteiger partial charge in [0.1, 0.15) is 11.6 Å². The number of rotatable bonds is 4. The quantitative estimate of drug-likeness (QED) is 0.773. The molecule has 108 valence electrons. The van der Waals surface area contributed by atoms with E-state index >= 15 is 0 Å². The lowest BCUT2D eigenvalue weighted by Gasteiger charge is -2.05. The number of hydrogen-bond acceptors (Lipinski definition) is 2. The summed E-state index contributed by atoms with van der Waals surface area (Å²) in [5, 5.41) is 0. The van der Waals surface area contributed by atoms with Gasteiger partial charge >= 0.3 is 6.61 Å². The van der Waals surface area contributed by atoms with Crippen LogP contribution in [0.2, 0.25) is 0 Å². The second-order valence-corrected chi connectivity index (χ2v) is 4.70. The summed E-state index contributed by atoms with van der Waals surface area (Å²) < 4.78 is 28.9. The molecule has 0 bridgehead atoms. The number of benzene rings is 2. The summed E-state index contributed by atoms with van der Waals surface area (Å²) in [7, 11) is 0. The minimum Gasteiger partial charge on any atom is -0.435 e. The zero-order valence-electron chi connectivity index (χ0n) is 11.4. The first-order valence-electron chi connectivity index (χ1n) is 6.69. The smallest absolute Gasteiger partial charge is 0.387 e. The first-order chi connectivity index (χ1) is 10.2. The number of aryl methyl sites for hydroxylation is 1. The summed E-state index contributed by atoms with van der Waals surface area (Å²) >= 11 is 0. The van der Waals surface area contributed by atoms with Crippen molar-refractivity contribution in [1.29, 1.82) is 0 Å². The first kappa shape index (κ1) is 13.5. The second-order valence-electron chi connectivity index (χ2n) is 4.70. The number of H-pyrrole nitrogens is 1. The zero-order chi connectivity index (χ0) is 14.8. The van der Waals surface area contributed by atoms with E-state index in [2.05, 4.69) is 21.6 Å². The molecule has 0 unspecified atom stereocenters. The molecule has 3 rings (SSSR count). The minimum atomic E-state index is -2.83. The third-order valence-corrected chi connectivity index (χ3v) is 3.29. The van der Waals surface area contributed by atoms with E-state index in [-0.39, 0.29) is 5.75 Å². The highest BCUT2D eigenvalue weighted by Gasteiger charge is 2.09. The van der Waals surface area contributed by atoms with Crippen LogP contribution in [0.4, 0.5) is 8.78 Å². The molecule has 5 heteroatoms. The van der Waals surface area contributed by atoms with Crippen molar-refractivity contribution in [1.82, 2.24) is 9.97 Å². The fourth-order valence-corrected chi connectivity index (χ4v) is 2.23. The molecule has 3 nitrogen and oxygen atoms in total. The Morgan fingerprint density at radius 2 is 2.05 bits per heavy atom. The van der Waals surface area contributed by atoms with Crippen molar-refractivity contribution in [3.8, 4) is 17.1 Å². The molecular weight excluding hydrogens is 274 g/mol. The number of hydrogen-bond donors (Lipinski definition) is 1. The summed E-state index contributed by atoms with van der Waals surface area (Å²) in [6.07, 6.45) is 0.946. The van der Waals surface area contributed by atoms with Gasteiger partial charge in [-0.25, -0.2) is 4.98 Å². The van der Waals surface area contributed by atoms with Crippen LogP contribution < -0.4 is 4.74 Å². The minimum absolute atomic E-state index is 0.122. The average molecular weight is 288 g/mol. The van der Waals surface area contributed by atoms with E-state index in [0.29, 0.717) is 11.4 Å². The Morgan fingerprint density at radius 1 is 1.19 bits per heavy atom. The van der Waals surface area contributed by atoms with Crippen molar-refractivity contribution in [2.45, 2.75) is 20.0 Å². The van der Waals surface area contributed by atoms with Crippen LogP contribution in [0.15, 0.2) is 42.5 Å². The number of nitrogens with one attached hydrogen (secondary N) is 1. The molecule has 1 N–H and O–H groups in total. The van der Waals surface area contributed by atoms with E-state index in [1.165, 1.54) is 11.6 Å². The Bertz CT molecular complexity index is 768. The van der Waals surface area contributed by atoms with E-state index < -0.39 is 6.61 Å². The SMILES string of the molecule is CCc1ccc2nc(-c3cccc(OC(F)F)c3)[nH]c2c1. The monoisotopic (exact) mass is 288 g/mol. The second kappa shape index (κ2) is 5.52. The number of fused-ring (bicyclic) bond motifs is 1. The van der Waals surface area contributed by atoms with Crippen LogP contribution in [0.3, 0.4) is 0 Å².